The van der Waals surface area contributed by atoms with Crippen LogP contribution in [-0.2, 0) is 0 Å². The fourth-order valence-electron chi connectivity index (χ4n) is 4.27. The second kappa shape index (κ2) is 8.91. The van der Waals surface area contributed by atoms with Crippen LogP contribution in [0.15, 0.2) is 85.5 Å². The van der Waals surface area contributed by atoms with Gasteiger partial charge in [0.2, 0.25) is 0 Å². The number of ether oxygens (including phenoxy) is 2. The van der Waals surface area contributed by atoms with E-state index in [0.29, 0.717) is 16.6 Å². The largest absolute Gasteiger partial charge is 0.497 e. The van der Waals surface area contributed by atoms with Crippen LogP contribution in [0.3, 0.4) is 0 Å². The van der Waals surface area contributed by atoms with Crippen LogP contribution in [-0.4, -0.2) is 33.9 Å². The first kappa shape index (κ1) is 21.0. The van der Waals surface area contributed by atoms with Gasteiger partial charge in [-0.05, 0) is 60.7 Å². The van der Waals surface area contributed by atoms with Gasteiger partial charge < -0.3 is 24.3 Å². The summed E-state index contributed by atoms with van der Waals surface area (Å²) in [4.78, 5) is 11.0. The van der Waals surface area contributed by atoms with Crippen molar-refractivity contribution >= 4 is 23.0 Å². The van der Waals surface area contributed by atoms with Crippen molar-refractivity contribution in [1.29, 1.82) is 0 Å². The van der Waals surface area contributed by atoms with E-state index in [-0.39, 0.29) is 12.1 Å². The number of thiocarbonyl (C=S) groups is 1. The van der Waals surface area contributed by atoms with E-state index < -0.39 is 0 Å². The van der Waals surface area contributed by atoms with Gasteiger partial charge in [0.15, 0.2) is 5.11 Å². The quantitative estimate of drug-likeness (QED) is 0.429. The lowest BCUT2D eigenvalue weighted by atomic mass is 10.0. The molecule has 0 amide bonds. The molecule has 1 N–H and O–H groups in total. The van der Waals surface area contributed by atoms with Crippen molar-refractivity contribution in [3.8, 4) is 17.2 Å². The number of pyridine rings is 2. The fraction of sp³-hybridized carbons (Fsp3) is 0.160. The molecule has 3 aromatic heterocycles. The maximum Gasteiger partial charge on any atom is 0.174 e. The van der Waals surface area contributed by atoms with Crippen LogP contribution < -0.4 is 19.7 Å². The van der Waals surface area contributed by atoms with Crippen molar-refractivity contribution in [3.05, 3.63) is 96.8 Å². The third kappa shape index (κ3) is 3.78. The van der Waals surface area contributed by atoms with E-state index >= 15 is 0 Å². The van der Waals surface area contributed by atoms with E-state index in [2.05, 4.69) is 30.8 Å². The number of nitrogens with zero attached hydrogens (tertiary/aromatic N) is 4. The Labute approximate surface area is 197 Å². The average molecular weight is 458 g/mol. The first-order chi connectivity index (χ1) is 16.2. The van der Waals surface area contributed by atoms with Crippen LogP contribution in [0.25, 0.3) is 5.69 Å². The summed E-state index contributed by atoms with van der Waals surface area (Å²) < 4.78 is 13.3. The molecule has 1 saturated heterocycles. The summed E-state index contributed by atoms with van der Waals surface area (Å²) in [5, 5.41) is 4.09. The number of hydrogen-bond acceptors (Lipinski definition) is 5. The van der Waals surface area contributed by atoms with Crippen LogP contribution >= 0.6 is 12.2 Å². The molecule has 33 heavy (non-hydrogen) atoms. The molecule has 1 aliphatic heterocycles. The number of nitrogens with one attached hydrogen (secondary N) is 1. The lowest BCUT2D eigenvalue weighted by Gasteiger charge is -2.30. The van der Waals surface area contributed by atoms with Crippen molar-refractivity contribution in [1.82, 2.24) is 19.9 Å². The van der Waals surface area contributed by atoms with E-state index in [1.165, 1.54) is 0 Å². The van der Waals surface area contributed by atoms with E-state index in [0.717, 1.165) is 22.8 Å². The molecule has 0 aliphatic carbocycles. The summed E-state index contributed by atoms with van der Waals surface area (Å²) >= 11 is 5.86. The molecule has 1 aromatic carbocycles. The predicted octanol–water partition coefficient (Wildman–Crippen LogP) is 4.46. The number of methoxy groups -OCH3 is 2. The summed E-state index contributed by atoms with van der Waals surface area (Å²) in [5.74, 6) is 1.38. The minimum Gasteiger partial charge on any atom is -0.497 e. The zero-order valence-corrected chi connectivity index (χ0v) is 19.1. The highest BCUT2D eigenvalue weighted by molar-refractivity contribution is 7.80. The lowest BCUT2D eigenvalue weighted by molar-refractivity contribution is 0.394. The monoisotopic (exact) mass is 457 g/mol. The molecule has 0 bridgehead atoms. The Balaban J connectivity index is 1.69. The molecule has 0 radical (unpaired) electrons. The van der Waals surface area contributed by atoms with Gasteiger partial charge in [0.05, 0.1) is 43.5 Å². The van der Waals surface area contributed by atoms with Crippen LogP contribution in [0.2, 0.25) is 0 Å². The van der Waals surface area contributed by atoms with Gasteiger partial charge in [-0.25, -0.2) is 0 Å². The van der Waals surface area contributed by atoms with Gasteiger partial charge in [-0.3, -0.25) is 9.97 Å². The van der Waals surface area contributed by atoms with Gasteiger partial charge in [0, 0.05) is 30.4 Å². The molecular weight excluding hydrogens is 434 g/mol. The molecule has 4 aromatic rings. The van der Waals surface area contributed by atoms with Crippen molar-refractivity contribution in [2.75, 3.05) is 19.1 Å². The SMILES string of the molecule is COc1ccc(N2C(=S)N[C@@H](c3ccccn3)[C@@H]2c2cccn2-c2cccnc2)c(OC)c1. The normalized spacial score (nSPS) is 17.6. The number of anilines is 1. The first-order valence-electron chi connectivity index (χ1n) is 10.5. The Kier molecular flexibility index (Phi) is 5.66. The van der Waals surface area contributed by atoms with Gasteiger partial charge in [0.25, 0.3) is 0 Å². The third-order valence-electron chi connectivity index (χ3n) is 5.75. The predicted molar refractivity (Wildman–Crippen MR) is 131 cm³/mol. The number of hydrogen-bond donors (Lipinski definition) is 1. The first-order valence-corrected chi connectivity index (χ1v) is 10.9. The minimum absolute atomic E-state index is 0.171. The molecule has 166 valence electrons. The van der Waals surface area contributed by atoms with Crippen LogP contribution in [0.4, 0.5) is 5.69 Å². The summed E-state index contributed by atoms with van der Waals surface area (Å²) in [6.07, 6.45) is 7.45. The Bertz CT molecular complexity index is 1260. The van der Waals surface area contributed by atoms with E-state index in [1.807, 2.05) is 67.0 Å². The Hall–Kier alpha value is -3.91. The zero-order chi connectivity index (χ0) is 22.8. The maximum absolute atomic E-state index is 5.86. The van der Waals surface area contributed by atoms with Gasteiger partial charge in [-0.2, -0.15) is 0 Å². The summed E-state index contributed by atoms with van der Waals surface area (Å²) in [6.45, 7) is 0. The third-order valence-corrected chi connectivity index (χ3v) is 6.07. The molecule has 4 heterocycles. The van der Waals surface area contributed by atoms with Crippen LogP contribution in [0.1, 0.15) is 23.5 Å². The second-order valence-electron chi connectivity index (χ2n) is 7.55. The molecular formula is C25H23N5O2S. The highest BCUT2D eigenvalue weighted by atomic mass is 32.1. The molecule has 0 saturated carbocycles. The smallest absolute Gasteiger partial charge is 0.174 e. The Morgan fingerprint density at radius 1 is 0.970 bits per heavy atom. The summed E-state index contributed by atoms with van der Waals surface area (Å²) in [7, 11) is 3.28. The topological polar surface area (TPSA) is 64.4 Å². The number of aromatic nitrogens is 3. The second-order valence-corrected chi connectivity index (χ2v) is 7.94. The molecule has 1 fully saturated rings. The van der Waals surface area contributed by atoms with Gasteiger partial charge >= 0.3 is 0 Å². The minimum atomic E-state index is -0.190. The van der Waals surface area contributed by atoms with E-state index in [4.69, 9.17) is 21.7 Å². The highest BCUT2D eigenvalue weighted by Crippen LogP contribution is 2.45. The molecule has 0 spiro atoms. The van der Waals surface area contributed by atoms with Gasteiger partial charge in [-0.15, -0.1) is 0 Å². The molecule has 8 heteroatoms. The molecule has 7 nitrogen and oxygen atoms in total. The summed E-state index contributed by atoms with van der Waals surface area (Å²) in [6, 6.07) is 19.4. The van der Waals surface area contributed by atoms with Gasteiger partial charge in [-0.1, -0.05) is 6.07 Å². The molecule has 5 rings (SSSR count). The number of rotatable bonds is 6. The van der Waals surface area contributed by atoms with Crippen LogP contribution in [0.5, 0.6) is 11.5 Å². The highest BCUT2D eigenvalue weighted by Gasteiger charge is 2.43. The van der Waals surface area contributed by atoms with Crippen molar-refractivity contribution in [2.45, 2.75) is 12.1 Å². The van der Waals surface area contributed by atoms with Crippen molar-refractivity contribution in [3.63, 3.8) is 0 Å². The Morgan fingerprint density at radius 2 is 1.88 bits per heavy atom. The average Bonchev–Trinajstić information content (AvgIpc) is 3.49. The van der Waals surface area contributed by atoms with E-state index in [1.54, 1.807) is 26.6 Å². The van der Waals surface area contributed by atoms with Gasteiger partial charge in [0.1, 0.15) is 17.5 Å². The number of benzene rings is 1. The summed E-state index contributed by atoms with van der Waals surface area (Å²) in [5.41, 5.74) is 3.76. The molecule has 2 atom stereocenters. The standard InChI is InChI=1S/C25H23N5O2S/c1-31-18-10-11-20(22(15-18)32-2)30-24(23(28-25(30)33)19-8-3-4-13-27-19)21-9-6-14-29(21)17-7-5-12-26-16-17/h3-16,23-24H,1-2H3,(H,28,33)/t23-,24-/m0/s1. The molecule has 0 unspecified atom stereocenters. The maximum atomic E-state index is 5.86. The fourth-order valence-corrected chi connectivity index (χ4v) is 4.60. The van der Waals surface area contributed by atoms with Crippen LogP contribution in [0, 0.1) is 0 Å². The zero-order valence-electron chi connectivity index (χ0n) is 18.3. The molecule has 1 aliphatic rings. The van der Waals surface area contributed by atoms with Crippen molar-refractivity contribution in [2.24, 2.45) is 0 Å². The Morgan fingerprint density at radius 3 is 2.61 bits per heavy atom. The van der Waals surface area contributed by atoms with E-state index in [9.17, 15) is 0 Å². The lowest BCUT2D eigenvalue weighted by Crippen LogP contribution is -2.30. The van der Waals surface area contributed by atoms with Crippen molar-refractivity contribution < 1.29 is 9.47 Å².